The fraction of sp³-hybridized carbons (Fsp3) is 0.692. The second kappa shape index (κ2) is 5.64. The summed E-state index contributed by atoms with van der Waals surface area (Å²) in [5, 5.41) is 5.08. The van der Waals surface area contributed by atoms with Crippen LogP contribution in [0.2, 0.25) is 0 Å². The Kier molecular flexibility index (Phi) is 3.96. The topological polar surface area (TPSA) is 94.6 Å². The Hall–Kier alpha value is -1.45. The van der Waals surface area contributed by atoms with Gasteiger partial charge in [-0.15, -0.1) is 0 Å². The largest absolute Gasteiger partial charge is 0.368 e. The summed E-state index contributed by atoms with van der Waals surface area (Å²) in [5.41, 5.74) is 0. The van der Waals surface area contributed by atoms with E-state index in [1.807, 2.05) is 13.2 Å². The van der Waals surface area contributed by atoms with Crippen molar-refractivity contribution in [2.45, 2.75) is 18.5 Å². The van der Waals surface area contributed by atoms with Crippen LogP contribution in [0.3, 0.4) is 0 Å². The van der Waals surface area contributed by atoms with Crippen LogP contribution < -0.4 is 5.14 Å². The van der Waals surface area contributed by atoms with Crippen molar-refractivity contribution in [3.05, 3.63) is 12.3 Å². The predicted molar refractivity (Wildman–Crippen MR) is 85.8 cm³/mol. The van der Waals surface area contributed by atoms with Crippen molar-refractivity contribution in [2.24, 2.45) is 21.0 Å². The smallest absolute Gasteiger partial charge is 0.276 e. The Morgan fingerprint density at radius 2 is 2.18 bits per heavy atom. The Labute approximate surface area is 131 Å². The Morgan fingerprint density at radius 1 is 1.45 bits per heavy atom. The van der Waals surface area contributed by atoms with Crippen LogP contribution in [0, 0.1) is 5.92 Å². The number of aliphatic imine (C=N–C) groups is 2. The van der Waals surface area contributed by atoms with Crippen LogP contribution in [-0.4, -0.2) is 80.5 Å². The van der Waals surface area contributed by atoms with E-state index in [-0.39, 0.29) is 12.1 Å². The van der Waals surface area contributed by atoms with Crippen LogP contribution in [0.5, 0.6) is 0 Å². The van der Waals surface area contributed by atoms with Gasteiger partial charge < -0.3 is 9.80 Å². The maximum Gasteiger partial charge on any atom is 0.276 e. The Morgan fingerprint density at radius 3 is 2.86 bits per heavy atom. The van der Waals surface area contributed by atoms with Gasteiger partial charge in [-0.1, -0.05) is 0 Å². The highest BCUT2D eigenvalue weighted by Crippen LogP contribution is 2.27. The quantitative estimate of drug-likeness (QED) is 0.723. The van der Waals surface area contributed by atoms with Gasteiger partial charge in [0.1, 0.15) is 18.2 Å². The highest BCUT2D eigenvalue weighted by Gasteiger charge is 2.40. The summed E-state index contributed by atoms with van der Waals surface area (Å²) in [4.78, 5) is 13.2. The lowest BCUT2D eigenvalue weighted by molar-refractivity contribution is 0.159. The number of likely N-dealkylation sites (tertiary alicyclic amines) is 1. The average molecular weight is 326 g/mol. The third-order valence-electron chi connectivity index (χ3n) is 4.54. The first-order valence-electron chi connectivity index (χ1n) is 7.35. The number of nitrogens with two attached hydrogens (primary N) is 1. The van der Waals surface area contributed by atoms with E-state index in [0.29, 0.717) is 12.5 Å². The van der Waals surface area contributed by atoms with Crippen LogP contribution in [0.15, 0.2) is 22.3 Å². The summed E-state index contributed by atoms with van der Waals surface area (Å²) in [7, 11) is -0.0233. The highest BCUT2D eigenvalue weighted by atomic mass is 32.2. The van der Waals surface area contributed by atoms with Crippen LogP contribution in [0.4, 0.5) is 0 Å². The molecule has 2 atom stereocenters. The minimum atomic E-state index is -3.57. The van der Waals surface area contributed by atoms with Crippen molar-refractivity contribution in [1.82, 2.24) is 14.1 Å². The molecule has 0 radical (unpaired) electrons. The molecule has 22 heavy (non-hydrogen) atoms. The first kappa shape index (κ1) is 15.4. The van der Waals surface area contributed by atoms with E-state index in [1.54, 1.807) is 6.34 Å². The second-order valence-electron chi connectivity index (χ2n) is 6.12. The van der Waals surface area contributed by atoms with Gasteiger partial charge in [0.25, 0.3) is 10.2 Å². The van der Waals surface area contributed by atoms with E-state index in [0.717, 1.165) is 25.3 Å². The molecule has 1 saturated heterocycles. The van der Waals surface area contributed by atoms with Crippen molar-refractivity contribution >= 4 is 22.4 Å². The van der Waals surface area contributed by atoms with Gasteiger partial charge in [0.05, 0.1) is 6.04 Å². The lowest BCUT2D eigenvalue weighted by Crippen LogP contribution is -2.58. The standard InChI is InChI=1S/C13H22N6O2S/c1-17-5-4-11-12(17)13(16-9-15-11)19-7-10(8-19)3-6-18(2)22(14,20)21/h4-5,9-12H,3,6-8H2,1-2H3,(H2,14,20,21). The molecule has 8 nitrogen and oxygen atoms in total. The maximum absolute atomic E-state index is 11.2. The Balaban J connectivity index is 1.51. The van der Waals surface area contributed by atoms with E-state index in [9.17, 15) is 8.42 Å². The predicted octanol–water partition coefficient (Wildman–Crippen LogP) is -0.920. The van der Waals surface area contributed by atoms with Crippen LogP contribution >= 0.6 is 0 Å². The van der Waals surface area contributed by atoms with Crippen molar-refractivity contribution in [3.8, 4) is 0 Å². The number of hydrogen-bond acceptors (Lipinski definition) is 6. The number of fused-ring (bicyclic) bond motifs is 1. The molecule has 0 bridgehead atoms. The van der Waals surface area contributed by atoms with Gasteiger partial charge in [-0.2, -0.15) is 12.7 Å². The van der Waals surface area contributed by atoms with Gasteiger partial charge in [-0.25, -0.2) is 10.1 Å². The van der Waals surface area contributed by atoms with E-state index >= 15 is 0 Å². The van der Waals surface area contributed by atoms with Crippen LogP contribution in [0.1, 0.15) is 6.42 Å². The van der Waals surface area contributed by atoms with Gasteiger partial charge in [-0.3, -0.25) is 4.99 Å². The summed E-state index contributed by atoms with van der Waals surface area (Å²) in [6.45, 7) is 2.27. The highest BCUT2D eigenvalue weighted by molar-refractivity contribution is 7.86. The maximum atomic E-state index is 11.2. The molecule has 3 rings (SSSR count). The molecule has 0 aromatic rings. The molecule has 0 saturated carbocycles. The van der Waals surface area contributed by atoms with Crippen LogP contribution in [0.25, 0.3) is 0 Å². The summed E-state index contributed by atoms with van der Waals surface area (Å²) in [5.74, 6) is 1.53. The zero-order valence-corrected chi connectivity index (χ0v) is 13.6. The number of likely N-dealkylation sites (N-methyl/N-ethyl adjacent to an activating group) is 1. The lowest BCUT2D eigenvalue weighted by atomic mass is 9.94. The third kappa shape index (κ3) is 2.88. The molecule has 0 amide bonds. The second-order valence-corrected chi connectivity index (χ2v) is 7.77. The van der Waals surface area contributed by atoms with Crippen molar-refractivity contribution in [2.75, 3.05) is 33.7 Å². The average Bonchev–Trinajstić information content (AvgIpc) is 2.78. The van der Waals surface area contributed by atoms with Gasteiger partial charge in [0, 0.05) is 33.7 Å². The fourth-order valence-electron chi connectivity index (χ4n) is 3.07. The van der Waals surface area contributed by atoms with E-state index < -0.39 is 10.2 Å². The van der Waals surface area contributed by atoms with Gasteiger partial charge in [0.2, 0.25) is 0 Å². The fourth-order valence-corrected chi connectivity index (χ4v) is 3.43. The summed E-state index contributed by atoms with van der Waals surface area (Å²) in [6.07, 6.45) is 6.59. The Bertz CT molecular complexity index is 622. The van der Waals surface area contributed by atoms with Crippen LogP contribution in [-0.2, 0) is 10.2 Å². The minimum Gasteiger partial charge on any atom is -0.368 e. The molecule has 0 aromatic heterocycles. The molecule has 2 N–H and O–H groups in total. The van der Waals surface area contributed by atoms with Crippen molar-refractivity contribution < 1.29 is 8.42 Å². The zero-order valence-electron chi connectivity index (χ0n) is 12.8. The monoisotopic (exact) mass is 326 g/mol. The third-order valence-corrected chi connectivity index (χ3v) is 5.59. The first-order chi connectivity index (χ1) is 10.4. The number of nitrogens with zero attached hydrogens (tertiary/aromatic N) is 5. The van der Waals surface area contributed by atoms with Crippen molar-refractivity contribution in [3.63, 3.8) is 0 Å². The molecule has 122 valence electrons. The zero-order chi connectivity index (χ0) is 15.9. The summed E-state index contributed by atoms with van der Waals surface area (Å²) in [6, 6.07) is 0.350. The molecule has 0 spiro atoms. The molecular weight excluding hydrogens is 304 g/mol. The van der Waals surface area contributed by atoms with Gasteiger partial charge >= 0.3 is 0 Å². The van der Waals surface area contributed by atoms with Gasteiger partial charge in [0.15, 0.2) is 0 Å². The molecule has 9 heteroatoms. The van der Waals surface area contributed by atoms with E-state index in [2.05, 4.69) is 25.9 Å². The molecular formula is C13H22N6O2S. The molecule has 2 unspecified atom stereocenters. The number of amidine groups is 1. The summed E-state index contributed by atoms with van der Waals surface area (Å²) < 4.78 is 23.5. The number of hydrogen-bond donors (Lipinski definition) is 1. The molecule has 3 aliphatic rings. The normalized spacial score (nSPS) is 28.1. The molecule has 0 aromatic carbocycles. The van der Waals surface area contributed by atoms with Crippen molar-refractivity contribution in [1.29, 1.82) is 0 Å². The summed E-state index contributed by atoms with van der Waals surface area (Å²) >= 11 is 0. The molecule has 3 aliphatic heterocycles. The molecule has 3 heterocycles. The van der Waals surface area contributed by atoms with E-state index in [1.165, 1.54) is 11.4 Å². The lowest BCUT2D eigenvalue weighted by Gasteiger charge is -2.45. The SMILES string of the molecule is CN1C=CC2N=CN=C(N3CC(CCN(C)S(N)(=O)=O)C3)C21. The molecule has 0 aliphatic carbocycles. The first-order valence-corrected chi connectivity index (χ1v) is 8.85. The van der Waals surface area contributed by atoms with Gasteiger partial charge in [-0.05, 0) is 24.6 Å². The minimum absolute atomic E-state index is 0.157. The molecule has 1 fully saturated rings. The van der Waals surface area contributed by atoms with E-state index in [4.69, 9.17) is 5.14 Å². The number of rotatable bonds is 4.